The summed E-state index contributed by atoms with van der Waals surface area (Å²) in [5.74, 6) is 0.358. The average molecular weight is 431 g/mol. The highest BCUT2D eigenvalue weighted by Gasteiger charge is 2.28. The molecule has 0 N–H and O–H groups in total. The molecule has 158 valence electrons. The zero-order valence-corrected chi connectivity index (χ0v) is 18.7. The number of fused-ring (bicyclic) bond motifs is 2. The molecule has 0 saturated carbocycles. The van der Waals surface area contributed by atoms with Crippen LogP contribution in [0, 0.1) is 0 Å². The van der Waals surface area contributed by atoms with Crippen molar-refractivity contribution in [1.82, 2.24) is 4.98 Å². The molecule has 31 heavy (non-hydrogen) atoms. The van der Waals surface area contributed by atoms with Gasteiger partial charge in [0.05, 0.1) is 22.9 Å². The number of aromatic nitrogens is 1. The number of carbonyl (C=O) groups is 1. The second-order valence-electron chi connectivity index (χ2n) is 8.42. The number of hydrogen-bond acceptors (Lipinski definition) is 4. The van der Waals surface area contributed by atoms with Crippen molar-refractivity contribution < 1.29 is 9.53 Å². The highest BCUT2D eigenvalue weighted by Crippen LogP contribution is 2.35. The van der Waals surface area contributed by atoms with Gasteiger partial charge in [-0.2, -0.15) is 0 Å². The van der Waals surface area contributed by atoms with E-state index in [1.807, 2.05) is 47.4 Å². The molecule has 5 rings (SSSR count). The Hall–Kier alpha value is -2.76. The van der Waals surface area contributed by atoms with E-state index < -0.39 is 0 Å². The lowest BCUT2D eigenvalue weighted by molar-refractivity contribution is 0.0919. The van der Waals surface area contributed by atoms with Gasteiger partial charge in [-0.1, -0.05) is 73.7 Å². The van der Waals surface area contributed by atoms with Crippen LogP contribution >= 0.6 is 11.3 Å². The first-order valence-electron chi connectivity index (χ1n) is 10.9. The van der Waals surface area contributed by atoms with E-state index in [1.165, 1.54) is 5.56 Å². The summed E-state index contributed by atoms with van der Waals surface area (Å²) in [6, 6.07) is 20.3. The number of para-hydroxylation sites is 1. The maximum Gasteiger partial charge on any atom is 0.260 e. The van der Waals surface area contributed by atoms with Crippen LogP contribution in [0.3, 0.4) is 0 Å². The summed E-state index contributed by atoms with van der Waals surface area (Å²) in [5.41, 5.74) is 2.93. The quantitative estimate of drug-likeness (QED) is 0.368. The van der Waals surface area contributed by atoms with Crippen LogP contribution in [0.15, 0.2) is 60.7 Å². The van der Waals surface area contributed by atoms with Crippen molar-refractivity contribution in [1.29, 1.82) is 0 Å². The molecule has 1 saturated heterocycles. The fourth-order valence-corrected chi connectivity index (χ4v) is 5.34. The topological polar surface area (TPSA) is 42.4 Å². The predicted octanol–water partition coefficient (Wildman–Crippen LogP) is 6.40. The Balaban J connectivity index is 1.61. The molecule has 0 spiro atoms. The molecule has 0 aliphatic carbocycles. The van der Waals surface area contributed by atoms with Gasteiger partial charge in [-0.25, -0.2) is 4.98 Å². The van der Waals surface area contributed by atoms with Crippen molar-refractivity contribution in [3.63, 3.8) is 0 Å². The first-order valence-corrected chi connectivity index (χ1v) is 11.7. The summed E-state index contributed by atoms with van der Waals surface area (Å²) in [6.07, 6.45) is 2.07. The average Bonchev–Trinajstić information content (AvgIpc) is 3.45. The minimum Gasteiger partial charge on any atom is -0.376 e. The van der Waals surface area contributed by atoms with Crippen LogP contribution in [0.5, 0.6) is 0 Å². The Labute approximate surface area is 186 Å². The van der Waals surface area contributed by atoms with Crippen LogP contribution in [-0.2, 0) is 4.74 Å². The second kappa shape index (κ2) is 8.40. The zero-order valence-electron chi connectivity index (χ0n) is 17.9. The van der Waals surface area contributed by atoms with Crippen molar-refractivity contribution in [3.8, 4) is 0 Å². The Morgan fingerprint density at radius 1 is 1.13 bits per heavy atom. The Kier molecular flexibility index (Phi) is 5.47. The molecule has 1 unspecified atom stereocenters. The summed E-state index contributed by atoms with van der Waals surface area (Å²) in [4.78, 5) is 20.7. The van der Waals surface area contributed by atoms with Gasteiger partial charge < -0.3 is 4.74 Å². The fourth-order valence-electron chi connectivity index (χ4n) is 4.34. The molecule has 3 aromatic carbocycles. The lowest BCUT2D eigenvalue weighted by Crippen LogP contribution is -2.37. The van der Waals surface area contributed by atoms with Gasteiger partial charge in [-0.15, -0.1) is 0 Å². The standard InChI is InChI=1S/C26H26N2O2S/c1-17(2)20-12-6-14-23-24(20)27-26(31-23)28(16-19-10-7-15-30-19)25(29)22-13-5-9-18-8-3-4-11-21(18)22/h3-6,8-9,11-14,17,19H,7,10,15-16H2,1-2H3. The smallest absolute Gasteiger partial charge is 0.260 e. The molecule has 2 heterocycles. The van der Waals surface area contributed by atoms with Crippen LogP contribution in [0.2, 0.25) is 0 Å². The van der Waals surface area contributed by atoms with Crippen molar-refractivity contribution in [2.75, 3.05) is 18.1 Å². The molecular formula is C26H26N2O2S. The first kappa shape index (κ1) is 20.2. The van der Waals surface area contributed by atoms with Crippen LogP contribution < -0.4 is 4.90 Å². The van der Waals surface area contributed by atoms with Crippen molar-refractivity contribution in [2.45, 2.75) is 38.7 Å². The van der Waals surface area contributed by atoms with Gasteiger partial charge in [0.25, 0.3) is 5.91 Å². The van der Waals surface area contributed by atoms with E-state index in [0.29, 0.717) is 18.0 Å². The van der Waals surface area contributed by atoms with E-state index in [0.717, 1.165) is 45.6 Å². The number of benzene rings is 3. The van der Waals surface area contributed by atoms with E-state index in [9.17, 15) is 4.79 Å². The molecule has 1 atom stereocenters. The number of carbonyl (C=O) groups excluding carboxylic acids is 1. The van der Waals surface area contributed by atoms with Crippen molar-refractivity contribution in [3.05, 3.63) is 71.8 Å². The monoisotopic (exact) mass is 430 g/mol. The largest absolute Gasteiger partial charge is 0.376 e. The minimum atomic E-state index is -0.0162. The number of anilines is 1. The molecule has 1 aliphatic rings. The third kappa shape index (κ3) is 3.84. The maximum absolute atomic E-state index is 13.9. The molecule has 4 aromatic rings. The van der Waals surface area contributed by atoms with Gasteiger partial charge in [0.1, 0.15) is 0 Å². The normalized spacial score (nSPS) is 16.4. The third-order valence-corrected chi connectivity index (χ3v) is 7.01. The highest BCUT2D eigenvalue weighted by atomic mass is 32.1. The number of amides is 1. The number of nitrogens with zero attached hydrogens (tertiary/aromatic N) is 2. The van der Waals surface area contributed by atoms with Crippen molar-refractivity contribution in [2.24, 2.45) is 0 Å². The number of thiazole rings is 1. The van der Waals surface area contributed by atoms with E-state index >= 15 is 0 Å². The summed E-state index contributed by atoms with van der Waals surface area (Å²) >= 11 is 1.59. The number of hydrogen-bond donors (Lipinski definition) is 0. The van der Waals surface area contributed by atoms with Crippen LogP contribution in [0.4, 0.5) is 5.13 Å². The lowest BCUT2D eigenvalue weighted by atomic mass is 10.0. The third-order valence-electron chi connectivity index (χ3n) is 5.97. The van der Waals surface area contributed by atoms with Crippen molar-refractivity contribution >= 4 is 43.4 Å². The Morgan fingerprint density at radius 3 is 2.74 bits per heavy atom. The molecule has 5 heteroatoms. The van der Waals surface area contributed by atoms with Crippen LogP contribution in [0.25, 0.3) is 21.0 Å². The van der Waals surface area contributed by atoms with E-state index in [4.69, 9.17) is 9.72 Å². The fraction of sp³-hybridized carbons (Fsp3) is 0.308. The molecule has 1 aliphatic heterocycles. The van der Waals surface area contributed by atoms with Gasteiger partial charge in [-0.05, 0) is 47.2 Å². The molecular weight excluding hydrogens is 404 g/mol. The van der Waals surface area contributed by atoms with E-state index in [-0.39, 0.29) is 12.0 Å². The summed E-state index contributed by atoms with van der Waals surface area (Å²) in [6.45, 7) is 5.65. The molecule has 0 radical (unpaired) electrons. The van der Waals surface area contributed by atoms with Gasteiger partial charge in [-0.3, -0.25) is 9.69 Å². The zero-order chi connectivity index (χ0) is 21.4. The Morgan fingerprint density at radius 2 is 1.94 bits per heavy atom. The van der Waals surface area contributed by atoms with Gasteiger partial charge in [0.15, 0.2) is 5.13 Å². The molecule has 0 bridgehead atoms. The summed E-state index contributed by atoms with van der Waals surface area (Å²) in [7, 11) is 0. The molecule has 4 nitrogen and oxygen atoms in total. The van der Waals surface area contributed by atoms with Crippen LogP contribution in [-0.4, -0.2) is 30.1 Å². The highest BCUT2D eigenvalue weighted by molar-refractivity contribution is 7.22. The van der Waals surface area contributed by atoms with Gasteiger partial charge >= 0.3 is 0 Å². The molecule has 1 amide bonds. The first-order chi connectivity index (χ1) is 15.1. The Bertz CT molecular complexity index is 1240. The minimum absolute atomic E-state index is 0.0162. The molecule has 1 fully saturated rings. The molecule has 1 aromatic heterocycles. The van der Waals surface area contributed by atoms with Gasteiger partial charge in [0.2, 0.25) is 0 Å². The predicted molar refractivity (Wildman–Crippen MR) is 128 cm³/mol. The second-order valence-corrected chi connectivity index (χ2v) is 9.43. The number of rotatable bonds is 5. The van der Waals surface area contributed by atoms with E-state index in [2.05, 4.69) is 32.0 Å². The number of ether oxygens (including phenoxy) is 1. The maximum atomic E-state index is 13.9. The SMILES string of the molecule is CC(C)c1cccc2sc(N(CC3CCCO3)C(=O)c3cccc4ccccc34)nc12. The summed E-state index contributed by atoms with van der Waals surface area (Å²) in [5, 5.41) is 2.78. The van der Waals surface area contributed by atoms with Crippen LogP contribution in [0.1, 0.15) is 48.5 Å². The summed E-state index contributed by atoms with van der Waals surface area (Å²) < 4.78 is 7.01. The van der Waals surface area contributed by atoms with Gasteiger partial charge in [0, 0.05) is 12.2 Å². The lowest BCUT2D eigenvalue weighted by Gasteiger charge is -2.23. The van der Waals surface area contributed by atoms with E-state index in [1.54, 1.807) is 11.3 Å².